The second kappa shape index (κ2) is 1.95. The van der Waals surface area contributed by atoms with Gasteiger partial charge in [-0.2, -0.15) is 4.98 Å². The average Bonchev–Trinajstić information content (AvgIpc) is 2.36. The van der Waals surface area contributed by atoms with Crippen LogP contribution < -0.4 is 5.73 Å². The largest absolute Gasteiger partial charge is 0.383 e. The molecule has 0 spiro atoms. The molecule has 0 bridgehead atoms. The predicted octanol–water partition coefficient (Wildman–Crippen LogP) is 0.620. The number of nitrogen functional groups attached to an aromatic ring is 1. The molecule has 0 aliphatic carbocycles. The second-order valence-corrected chi connectivity index (χ2v) is 2.44. The fourth-order valence-corrected chi connectivity index (χ4v) is 0.963. The molecule has 2 aromatic heterocycles. The standard InChI is InChI=1S/C7H8N4/c1-5-4-11-3-2-9-7(11)10-6(5)8/h2-4H,1H3,(H2,8,9,10). The Balaban J connectivity index is 2.86. The number of aromatic nitrogens is 3. The molecule has 2 aromatic rings. The van der Waals surface area contributed by atoms with Gasteiger partial charge >= 0.3 is 0 Å². The number of hydrogen-bond acceptors (Lipinski definition) is 3. The minimum absolute atomic E-state index is 0.545. The van der Waals surface area contributed by atoms with E-state index >= 15 is 0 Å². The van der Waals surface area contributed by atoms with Crippen LogP contribution in [0.3, 0.4) is 0 Å². The van der Waals surface area contributed by atoms with Gasteiger partial charge in [0.1, 0.15) is 5.82 Å². The van der Waals surface area contributed by atoms with Crippen molar-refractivity contribution in [3.8, 4) is 0 Å². The Bertz CT molecular complexity index is 354. The number of rotatable bonds is 0. The molecule has 0 atom stereocenters. The summed E-state index contributed by atoms with van der Waals surface area (Å²) in [6.07, 6.45) is 5.45. The Morgan fingerprint density at radius 1 is 1.55 bits per heavy atom. The van der Waals surface area contributed by atoms with Gasteiger partial charge in [0.15, 0.2) is 0 Å². The molecule has 4 heteroatoms. The van der Waals surface area contributed by atoms with E-state index in [4.69, 9.17) is 5.73 Å². The van der Waals surface area contributed by atoms with E-state index in [1.165, 1.54) is 0 Å². The first-order valence-corrected chi connectivity index (χ1v) is 3.33. The molecule has 4 nitrogen and oxygen atoms in total. The van der Waals surface area contributed by atoms with Gasteiger partial charge in [-0.15, -0.1) is 0 Å². The van der Waals surface area contributed by atoms with Gasteiger partial charge in [-0.1, -0.05) is 0 Å². The molecule has 0 aliphatic rings. The van der Waals surface area contributed by atoms with E-state index in [-0.39, 0.29) is 0 Å². The van der Waals surface area contributed by atoms with Crippen LogP contribution in [0.4, 0.5) is 5.82 Å². The average molecular weight is 148 g/mol. The summed E-state index contributed by atoms with van der Waals surface area (Å²) in [6.45, 7) is 1.92. The summed E-state index contributed by atoms with van der Waals surface area (Å²) in [4.78, 5) is 8.06. The number of aryl methyl sites for hydroxylation is 1. The number of nitrogens with zero attached hydrogens (tertiary/aromatic N) is 3. The molecule has 2 heterocycles. The van der Waals surface area contributed by atoms with E-state index in [0.29, 0.717) is 11.6 Å². The van der Waals surface area contributed by atoms with Crippen molar-refractivity contribution in [3.63, 3.8) is 0 Å². The van der Waals surface area contributed by atoms with Crippen LogP contribution in [0.5, 0.6) is 0 Å². The summed E-state index contributed by atoms with van der Waals surface area (Å²) in [5.74, 6) is 1.19. The third-order valence-electron chi connectivity index (χ3n) is 1.61. The Hall–Kier alpha value is -1.58. The lowest BCUT2D eigenvalue weighted by molar-refractivity contribution is 1.09. The minimum atomic E-state index is 0.545. The lowest BCUT2D eigenvalue weighted by Gasteiger charge is -1.98. The highest BCUT2D eigenvalue weighted by Gasteiger charge is 1.98. The van der Waals surface area contributed by atoms with Crippen molar-refractivity contribution in [1.82, 2.24) is 14.4 Å². The Kier molecular flexibility index (Phi) is 1.09. The maximum Gasteiger partial charge on any atom is 0.235 e. The normalized spacial score (nSPS) is 10.6. The van der Waals surface area contributed by atoms with Gasteiger partial charge in [-0.05, 0) is 6.92 Å². The van der Waals surface area contributed by atoms with Crippen LogP contribution in [0.1, 0.15) is 5.56 Å². The van der Waals surface area contributed by atoms with Crippen LogP contribution in [0.25, 0.3) is 5.78 Å². The Morgan fingerprint density at radius 2 is 2.36 bits per heavy atom. The molecule has 0 amide bonds. The SMILES string of the molecule is Cc1cn2ccnc2nc1N. The van der Waals surface area contributed by atoms with Crippen molar-refractivity contribution in [2.45, 2.75) is 6.92 Å². The number of fused-ring (bicyclic) bond motifs is 1. The molecule has 2 rings (SSSR count). The first kappa shape index (κ1) is 6.15. The number of nitrogens with two attached hydrogens (primary N) is 1. The molecule has 11 heavy (non-hydrogen) atoms. The highest BCUT2D eigenvalue weighted by Crippen LogP contribution is 2.07. The van der Waals surface area contributed by atoms with Crippen molar-refractivity contribution in [2.75, 3.05) is 5.73 Å². The van der Waals surface area contributed by atoms with E-state index < -0.39 is 0 Å². The third kappa shape index (κ3) is 0.832. The van der Waals surface area contributed by atoms with Gasteiger partial charge in [-0.25, -0.2) is 4.98 Å². The van der Waals surface area contributed by atoms with Gasteiger partial charge in [0.25, 0.3) is 0 Å². The molecule has 0 unspecified atom stereocenters. The number of anilines is 1. The second-order valence-electron chi connectivity index (χ2n) is 2.44. The fraction of sp³-hybridized carbons (Fsp3) is 0.143. The molecule has 0 fully saturated rings. The third-order valence-corrected chi connectivity index (χ3v) is 1.61. The van der Waals surface area contributed by atoms with Gasteiger partial charge in [0.2, 0.25) is 5.78 Å². The maximum atomic E-state index is 5.58. The van der Waals surface area contributed by atoms with Crippen molar-refractivity contribution >= 4 is 11.6 Å². The molecular weight excluding hydrogens is 140 g/mol. The molecule has 0 saturated carbocycles. The molecule has 0 radical (unpaired) electrons. The van der Waals surface area contributed by atoms with E-state index in [1.54, 1.807) is 6.20 Å². The summed E-state index contributed by atoms with van der Waals surface area (Å²) >= 11 is 0. The van der Waals surface area contributed by atoms with E-state index in [0.717, 1.165) is 5.56 Å². The van der Waals surface area contributed by atoms with Crippen LogP contribution in [0, 0.1) is 6.92 Å². The molecular formula is C7H8N4. The monoisotopic (exact) mass is 148 g/mol. The van der Waals surface area contributed by atoms with E-state index in [2.05, 4.69) is 9.97 Å². The van der Waals surface area contributed by atoms with Crippen molar-refractivity contribution in [1.29, 1.82) is 0 Å². The van der Waals surface area contributed by atoms with Crippen molar-refractivity contribution in [2.24, 2.45) is 0 Å². The van der Waals surface area contributed by atoms with Crippen LogP contribution in [0.2, 0.25) is 0 Å². The zero-order chi connectivity index (χ0) is 7.84. The zero-order valence-electron chi connectivity index (χ0n) is 6.15. The van der Waals surface area contributed by atoms with Crippen LogP contribution >= 0.6 is 0 Å². The smallest absolute Gasteiger partial charge is 0.235 e. The topological polar surface area (TPSA) is 56.2 Å². The van der Waals surface area contributed by atoms with Gasteiger partial charge in [-0.3, -0.25) is 4.40 Å². The summed E-state index contributed by atoms with van der Waals surface area (Å²) in [7, 11) is 0. The summed E-state index contributed by atoms with van der Waals surface area (Å²) in [6, 6.07) is 0. The number of imidazole rings is 1. The molecule has 0 aliphatic heterocycles. The summed E-state index contributed by atoms with van der Waals surface area (Å²) in [5.41, 5.74) is 6.55. The van der Waals surface area contributed by atoms with E-state index in [1.807, 2.05) is 23.7 Å². The zero-order valence-corrected chi connectivity index (χ0v) is 6.15. The first-order chi connectivity index (χ1) is 5.27. The lowest BCUT2D eigenvalue weighted by atomic mass is 10.3. The quantitative estimate of drug-likeness (QED) is 0.595. The summed E-state index contributed by atoms with van der Waals surface area (Å²) in [5, 5.41) is 0. The first-order valence-electron chi connectivity index (χ1n) is 3.33. The van der Waals surface area contributed by atoms with Gasteiger partial charge in [0.05, 0.1) is 0 Å². The summed E-state index contributed by atoms with van der Waals surface area (Å²) < 4.78 is 1.84. The van der Waals surface area contributed by atoms with Gasteiger partial charge < -0.3 is 5.73 Å². The lowest BCUT2D eigenvalue weighted by Crippen LogP contribution is -1.97. The van der Waals surface area contributed by atoms with Crippen LogP contribution in [-0.2, 0) is 0 Å². The van der Waals surface area contributed by atoms with Crippen LogP contribution in [-0.4, -0.2) is 14.4 Å². The predicted molar refractivity (Wildman–Crippen MR) is 42.1 cm³/mol. The molecule has 0 aromatic carbocycles. The molecule has 56 valence electrons. The van der Waals surface area contributed by atoms with Gasteiger partial charge in [0, 0.05) is 24.2 Å². The molecule has 0 saturated heterocycles. The molecule has 2 N–H and O–H groups in total. The van der Waals surface area contributed by atoms with E-state index in [9.17, 15) is 0 Å². The van der Waals surface area contributed by atoms with Crippen LogP contribution in [0.15, 0.2) is 18.6 Å². The Labute approximate surface area is 63.7 Å². The Morgan fingerprint density at radius 3 is 3.18 bits per heavy atom. The number of hydrogen-bond donors (Lipinski definition) is 1. The minimum Gasteiger partial charge on any atom is -0.383 e. The van der Waals surface area contributed by atoms with Crippen molar-refractivity contribution < 1.29 is 0 Å². The fourth-order valence-electron chi connectivity index (χ4n) is 0.963. The van der Waals surface area contributed by atoms with Crippen molar-refractivity contribution in [3.05, 3.63) is 24.2 Å². The maximum absolute atomic E-state index is 5.58. The highest BCUT2D eigenvalue weighted by molar-refractivity contribution is 5.44. The highest BCUT2D eigenvalue weighted by atomic mass is 15.1.